The van der Waals surface area contributed by atoms with Gasteiger partial charge in [-0.05, 0) is 29.3 Å². The number of nitrogens with one attached hydrogen (secondary N) is 1. The Balaban J connectivity index is 1.67. The molecule has 30 heavy (non-hydrogen) atoms. The molecular formula is C24H17ClFN3O. The van der Waals surface area contributed by atoms with Crippen molar-refractivity contribution in [3.8, 4) is 11.3 Å². The molecule has 6 heteroatoms. The maximum Gasteiger partial charge on any atom is 0.273 e. The fourth-order valence-corrected chi connectivity index (χ4v) is 4.20. The van der Waals surface area contributed by atoms with E-state index in [9.17, 15) is 9.18 Å². The summed E-state index contributed by atoms with van der Waals surface area (Å²) in [4.78, 5) is 15.1. The first kappa shape index (κ1) is 18.6. The number of aromatic amines is 1. The first-order valence-electron chi connectivity index (χ1n) is 9.57. The van der Waals surface area contributed by atoms with Crippen LogP contribution in [0.3, 0.4) is 0 Å². The molecule has 0 saturated carbocycles. The monoisotopic (exact) mass is 417 g/mol. The Morgan fingerprint density at radius 2 is 1.77 bits per heavy atom. The van der Waals surface area contributed by atoms with Crippen molar-refractivity contribution < 1.29 is 9.18 Å². The molecule has 1 aromatic heterocycles. The second-order valence-corrected chi connectivity index (χ2v) is 7.62. The van der Waals surface area contributed by atoms with E-state index in [0.29, 0.717) is 28.5 Å². The summed E-state index contributed by atoms with van der Waals surface area (Å²) in [5.74, 6) is -0.537. The summed E-state index contributed by atoms with van der Waals surface area (Å²) in [6.45, 7) is 0.302. The van der Waals surface area contributed by atoms with E-state index in [1.807, 2.05) is 54.6 Å². The van der Waals surface area contributed by atoms with Crippen LogP contribution in [0.15, 0.2) is 78.9 Å². The number of nitrogens with zero attached hydrogens (tertiary/aromatic N) is 2. The molecule has 1 N–H and O–H groups in total. The summed E-state index contributed by atoms with van der Waals surface area (Å²) < 4.78 is 14.1. The van der Waals surface area contributed by atoms with Crippen molar-refractivity contribution in [3.63, 3.8) is 0 Å². The molecule has 0 fully saturated rings. The predicted molar refractivity (Wildman–Crippen MR) is 114 cm³/mol. The summed E-state index contributed by atoms with van der Waals surface area (Å²) in [6, 6.07) is 23.0. The van der Waals surface area contributed by atoms with Crippen LogP contribution in [0.4, 0.5) is 4.39 Å². The largest absolute Gasteiger partial charge is 0.322 e. The molecule has 5 rings (SSSR count). The minimum Gasteiger partial charge on any atom is -0.322 e. The van der Waals surface area contributed by atoms with E-state index < -0.39 is 6.04 Å². The lowest BCUT2D eigenvalue weighted by molar-refractivity contribution is 0.0730. The van der Waals surface area contributed by atoms with Crippen LogP contribution in [0.1, 0.15) is 33.2 Å². The van der Waals surface area contributed by atoms with Crippen LogP contribution in [-0.2, 0) is 6.54 Å². The number of fused-ring (bicyclic) bond motifs is 1. The molecule has 0 radical (unpaired) electrons. The number of amides is 1. The van der Waals surface area contributed by atoms with Crippen LogP contribution < -0.4 is 0 Å². The molecule has 148 valence electrons. The molecule has 0 bridgehead atoms. The van der Waals surface area contributed by atoms with Gasteiger partial charge in [0.25, 0.3) is 5.91 Å². The van der Waals surface area contributed by atoms with Crippen molar-refractivity contribution in [2.75, 3.05) is 0 Å². The summed E-state index contributed by atoms with van der Waals surface area (Å²) in [5, 5.41) is 7.92. The lowest BCUT2D eigenvalue weighted by Gasteiger charge is -2.27. The Kier molecular flexibility index (Phi) is 4.60. The minimum absolute atomic E-state index is 0.186. The SMILES string of the molecule is O=C1c2[nH]nc(-c3ccccc3)c2C(c2cccc(F)c2)N1Cc1ccccc1Cl. The fraction of sp³-hybridized carbons (Fsp3) is 0.0833. The second-order valence-electron chi connectivity index (χ2n) is 7.21. The Morgan fingerprint density at radius 1 is 1.00 bits per heavy atom. The van der Waals surface area contributed by atoms with Gasteiger partial charge in [-0.3, -0.25) is 9.89 Å². The van der Waals surface area contributed by atoms with Gasteiger partial charge in [0.2, 0.25) is 0 Å². The highest BCUT2D eigenvalue weighted by atomic mass is 35.5. The van der Waals surface area contributed by atoms with Gasteiger partial charge in [-0.1, -0.05) is 72.3 Å². The summed E-state index contributed by atoms with van der Waals surface area (Å²) in [6.07, 6.45) is 0. The van der Waals surface area contributed by atoms with Gasteiger partial charge in [0.1, 0.15) is 11.5 Å². The average molecular weight is 418 g/mol. The molecular weight excluding hydrogens is 401 g/mol. The van der Waals surface area contributed by atoms with Crippen molar-refractivity contribution in [2.24, 2.45) is 0 Å². The van der Waals surface area contributed by atoms with Crippen LogP contribution >= 0.6 is 11.6 Å². The quantitative estimate of drug-likeness (QED) is 0.469. The summed E-state index contributed by atoms with van der Waals surface area (Å²) in [7, 11) is 0. The zero-order chi connectivity index (χ0) is 20.7. The van der Waals surface area contributed by atoms with E-state index >= 15 is 0 Å². The Bertz CT molecular complexity index is 1240. The number of benzene rings is 3. The minimum atomic E-state index is -0.478. The predicted octanol–water partition coefficient (Wildman–Crippen LogP) is 5.61. The van der Waals surface area contributed by atoms with E-state index in [-0.39, 0.29) is 11.7 Å². The van der Waals surface area contributed by atoms with Crippen molar-refractivity contribution in [1.82, 2.24) is 15.1 Å². The van der Waals surface area contributed by atoms with Crippen LogP contribution in [0.5, 0.6) is 0 Å². The molecule has 1 aliphatic heterocycles. The van der Waals surface area contributed by atoms with Gasteiger partial charge in [0, 0.05) is 22.7 Å². The van der Waals surface area contributed by atoms with E-state index in [4.69, 9.17) is 11.6 Å². The number of H-pyrrole nitrogens is 1. The molecule has 1 aliphatic rings. The first-order chi connectivity index (χ1) is 14.6. The lowest BCUT2D eigenvalue weighted by Crippen LogP contribution is -2.29. The second kappa shape index (κ2) is 7.43. The third kappa shape index (κ3) is 3.08. The number of halogens is 2. The van der Waals surface area contributed by atoms with E-state index in [0.717, 1.165) is 16.7 Å². The Hall–Kier alpha value is -3.44. The number of aromatic nitrogens is 2. The van der Waals surface area contributed by atoms with Crippen LogP contribution in [0, 0.1) is 5.82 Å². The standard InChI is InChI=1S/C24H17ClFN3O/c25-19-12-5-4-9-17(19)14-29-23(16-10-6-11-18(26)13-16)20-21(15-7-2-1-3-8-15)27-28-22(20)24(29)30/h1-13,23H,14H2,(H,27,28). The van der Waals surface area contributed by atoms with Crippen molar-refractivity contribution in [1.29, 1.82) is 0 Å². The topological polar surface area (TPSA) is 49.0 Å². The summed E-state index contributed by atoms with van der Waals surface area (Å²) in [5.41, 5.74) is 4.28. The summed E-state index contributed by atoms with van der Waals surface area (Å²) >= 11 is 6.36. The first-order valence-corrected chi connectivity index (χ1v) is 9.95. The third-order valence-electron chi connectivity index (χ3n) is 5.37. The zero-order valence-electron chi connectivity index (χ0n) is 15.8. The van der Waals surface area contributed by atoms with Crippen LogP contribution in [0.2, 0.25) is 5.02 Å². The zero-order valence-corrected chi connectivity index (χ0v) is 16.6. The fourth-order valence-electron chi connectivity index (χ4n) is 4.01. The normalized spacial score (nSPS) is 15.5. The number of hydrogen-bond donors (Lipinski definition) is 1. The van der Waals surface area contributed by atoms with E-state index in [2.05, 4.69) is 10.2 Å². The highest BCUT2D eigenvalue weighted by molar-refractivity contribution is 6.31. The molecule has 3 aromatic carbocycles. The highest BCUT2D eigenvalue weighted by Gasteiger charge is 2.42. The highest BCUT2D eigenvalue weighted by Crippen LogP contribution is 2.43. The van der Waals surface area contributed by atoms with Gasteiger partial charge in [-0.25, -0.2) is 4.39 Å². The van der Waals surface area contributed by atoms with Crippen LogP contribution in [0.25, 0.3) is 11.3 Å². The molecule has 1 atom stereocenters. The Morgan fingerprint density at radius 3 is 2.53 bits per heavy atom. The molecule has 1 amide bonds. The van der Waals surface area contributed by atoms with E-state index in [1.165, 1.54) is 12.1 Å². The smallest absolute Gasteiger partial charge is 0.273 e. The van der Waals surface area contributed by atoms with E-state index in [1.54, 1.807) is 17.0 Å². The van der Waals surface area contributed by atoms with Gasteiger partial charge < -0.3 is 4.90 Å². The van der Waals surface area contributed by atoms with Gasteiger partial charge in [0.15, 0.2) is 0 Å². The van der Waals surface area contributed by atoms with Gasteiger partial charge in [0.05, 0.1) is 11.7 Å². The molecule has 2 heterocycles. The lowest BCUT2D eigenvalue weighted by atomic mass is 9.96. The van der Waals surface area contributed by atoms with Gasteiger partial charge in [-0.2, -0.15) is 5.10 Å². The van der Waals surface area contributed by atoms with Crippen molar-refractivity contribution in [3.05, 3.63) is 112 Å². The average Bonchev–Trinajstić information content (AvgIpc) is 3.30. The maximum atomic E-state index is 14.1. The molecule has 0 saturated heterocycles. The number of carbonyl (C=O) groups is 1. The number of hydrogen-bond acceptors (Lipinski definition) is 2. The Labute approximate surface area is 177 Å². The molecule has 4 nitrogen and oxygen atoms in total. The molecule has 0 aliphatic carbocycles. The third-order valence-corrected chi connectivity index (χ3v) is 5.74. The maximum absolute atomic E-state index is 14.1. The van der Waals surface area contributed by atoms with Gasteiger partial charge in [-0.15, -0.1) is 0 Å². The molecule has 0 spiro atoms. The number of rotatable bonds is 4. The molecule has 1 unspecified atom stereocenters. The van der Waals surface area contributed by atoms with Crippen molar-refractivity contribution >= 4 is 17.5 Å². The van der Waals surface area contributed by atoms with Gasteiger partial charge >= 0.3 is 0 Å². The van der Waals surface area contributed by atoms with Crippen molar-refractivity contribution in [2.45, 2.75) is 12.6 Å². The number of carbonyl (C=O) groups excluding carboxylic acids is 1. The molecule has 4 aromatic rings. The van der Waals surface area contributed by atoms with Crippen LogP contribution in [-0.4, -0.2) is 21.0 Å².